The second-order valence-corrected chi connectivity index (χ2v) is 6.48. The van der Waals surface area contributed by atoms with Gasteiger partial charge < -0.3 is 11.1 Å². The van der Waals surface area contributed by atoms with Crippen LogP contribution in [0.25, 0.3) is 11.1 Å². The summed E-state index contributed by atoms with van der Waals surface area (Å²) in [7, 11) is 0. The van der Waals surface area contributed by atoms with Crippen molar-refractivity contribution >= 4 is 17.4 Å². The zero-order chi connectivity index (χ0) is 19.2. The summed E-state index contributed by atoms with van der Waals surface area (Å²) in [6, 6.07) is 22.8. The Morgan fingerprint density at radius 3 is 2.33 bits per heavy atom. The zero-order valence-corrected chi connectivity index (χ0v) is 15.2. The Morgan fingerprint density at radius 1 is 0.889 bits per heavy atom. The van der Waals surface area contributed by atoms with Gasteiger partial charge in [0.2, 0.25) is 0 Å². The summed E-state index contributed by atoms with van der Waals surface area (Å²) in [5, 5.41) is 2.92. The van der Waals surface area contributed by atoms with Gasteiger partial charge in [0, 0.05) is 24.2 Å². The Hall–Kier alpha value is -3.24. The molecule has 0 aromatic heterocycles. The summed E-state index contributed by atoms with van der Waals surface area (Å²) in [4.78, 5) is 24.2. The zero-order valence-electron chi connectivity index (χ0n) is 15.2. The van der Waals surface area contributed by atoms with Crippen LogP contribution in [0.5, 0.6) is 0 Å². The molecule has 1 amide bonds. The third-order valence-corrected chi connectivity index (χ3v) is 4.33. The fourth-order valence-corrected chi connectivity index (χ4v) is 2.98. The molecule has 136 valence electrons. The van der Waals surface area contributed by atoms with Crippen LogP contribution in [-0.2, 0) is 17.8 Å². The molecule has 3 aromatic rings. The molecule has 0 saturated heterocycles. The molecular formula is C23H22N2O2. The van der Waals surface area contributed by atoms with Crippen molar-refractivity contribution in [3.8, 4) is 11.1 Å². The lowest BCUT2D eigenvalue weighted by Crippen LogP contribution is -2.14. The van der Waals surface area contributed by atoms with Gasteiger partial charge in [-0.05, 0) is 53.4 Å². The Kier molecular flexibility index (Phi) is 5.79. The van der Waals surface area contributed by atoms with Gasteiger partial charge in [-0.15, -0.1) is 0 Å². The van der Waals surface area contributed by atoms with Crippen LogP contribution in [0.4, 0.5) is 5.69 Å². The van der Waals surface area contributed by atoms with E-state index in [-0.39, 0.29) is 11.7 Å². The van der Waals surface area contributed by atoms with Gasteiger partial charge in [-0.2, -0.15) is 0 Å². The molecule has 0 heterocycles. The number of nitrogens with one attached hydrogen (secondary N) is 1. The molecule has 27 heavy (non-hydrogen) atoms. The van der Waals surface area contributed by atoms with Crippen LogP contribution in [0.15, 0.2) is 72.8 Å². The van der Waals surface area contributed by atoms with E-state index < -0.39 is 0 Å². The van der Waals surface area contributed by atoms with Crippen molar-refractivity contribution in [1.82, 2.24) is 0 Å². The fraction of sp³-hybridized carbons (Fsp3) is 0.130. The number of anilines is 1. The van der Waals surface area contributed by atoms with E-state index >= 15 is 0 Å². The number of hydrogen-bond donors (Lipinski definition) is 2. The number of carbonyl (C=O) groups excluding carboxylic acids is 2. The molecule has 0 aliphatic heterocycles. The summed E-state index contributed by atoms with van der Waals surface area (Å²) >= 11 is 0. The molecule has 3 aromatic carbocycles. The standard InChI is InChI=1S/C23H22N2O2/c1-16(26)12-20-7-2-3-11-22(20)25-23(27)21-10-5-9-19(14-21)18-8-4-6-17(13-18)15-24/h2-11,13-14H,12,15,24H2,1H3,(H,25,27). The molecule has 0 unspecified atom stereocenters. The number of benzene rings is 3. The van der Waals surface area contributed by atoms with Crippen molar-refractivity contribution in [3.05, 3.63) is 89.5 Å². The summed E-state index contributed by atoms with van der Waals surface area (Å²) in [5.74, 6) is -0.152. The minimum atomic E-state index is -0.206. The number of hydrogen-bond acceptors (Lipinski definition) is 3. The van der Waals surface area contributed by atoms with Crippen LogP contribution in [0.3, 0.4) is 0 Å². The normalized spacial score (nSPS) is 10.4. The molecule has 0 atom stereocenters. The predicted molar refractivity (Wildman–Crippen MR) is 109 cm³/mol. The molecule has 4 nitrogen and oxygen atoms in total. The number of amides is 1. The van der Waals surface area contributed by atoms with Crippen molar-refractivity contribution in [2.75, 3.05) is 5.32 Å². The third-order valence-electron chi connectivity index (χ3n) is 4.33. The van der Waals surface area contributed by atoms with Crippen molar-refractivity contribution in [3.63, 3.8) is 0 Å². The van der Waals surface area contributed by atoms with E-state index in [1.165, 1.54) is 6.92 Å². The second kappa shape index (κ2) is 8.43. The van der Waals surface area contributed by atoms with Gasteiger partial charge in [0.1, 0.15) is 5.78 Å². The number of rotatable bonds is 6. The quantitative estimate of drug-likeness (QED) is 0.694. The summed E-state index contributed by atoms with van der Waals surface area (Å²) < 4.78 is 0. The van der Waals surface area contributed by atoms with Crippen LogP contribution in [-0.4, -0.2) is 11.7 Å². The smallest absolute Gasteiger partial charge is 0.255 e. The average Bonchev–Trinajstić information content (AvgIpc) is 2.69. The lowest BCUT2D eigenvalue weighted by Gasteiger charge is -2.11. The largest absolute Gasteiger partial charge is 0.326 e. The monoisotopic (exact) mass is 358 g/mol. The van der Waals surface area contributed by atoms with Crippen LogP contribution in [0.2, 0.25) is 0 Å². The molecule has 0 aliphatic rings. The molecule has 0 radical (unpaired) electrons. The fourth-order valence-electron chi connectivity index (χ4n) is 2.98. The molecular weight excluding hydrogens is 336 g/mol. The lowest BCUT2D eigenvalue weighted by molar-refractivity contribution is -0.116. The van der Waals surface area contributed by atoms with E-state index in [1.54, 1.807) is 6.07 Å². The highest BCUT2D eigenvalue weighted by Gasteiger charge is 2.11. The van der Waals surface area contributed by atoms with Gasteiger partial charge in [-0.25, -0.2) is 0 Å². The highest BCUT2D eigenvalue weighted by molar-refractivity contribution is 6.05. The Bertz CT molecular complexity index is 979. The first-order valence-corrected chi connectivity index (χ1v) is 8.85. The van der Waals surface area contributed by atoms with Gasteiger partial charge in [0.15, 0.2) is 0 Å². The second-order valence-electron chi connectivity index (χ2n) is 6.48. The molecule has 3 rings (SSSR count). The third kappa shape index (κ3) is 4.68. The van der Waals surface area contributed by atoms with Gasteiger partial charge in [0.05, 0.1) is 0 Å². The van der Waals surface area contributed by atoms with Gasteiger partial charge >= 0.3 is 0 Å². The number of Topliss-reactive ketones (excluding diaryl/α,β-unsaturated/α-hetero) is 1. The first kappa shape index (κ1) is 18.5. The maximum atomic E-state index is 12.7. The molecule has 0 aliphatic carbocycles. The van der Waals surface area contributed by atoms with E-state index in [4.69, 9.17) is 5.73 Å². The van der Waals surface area contributed by atoms with Gasteiger partial charge in [0.25, 0.3) is 5.91 Å². The van der Waals surface area contributed by atoms with Crippen molar-refractivity contribution < 1.29 is 9.59 Å². The number of ketones is 1. The van der Waals surface area contributed by atoms with E-state index in [1.807, 2.05) is 66.7 Å². The topological polar surface area (TPSA) is 72.2 Å². The first-order valence-electron chi connectivity index (χ1n) is 8.85. The van der Waals surface area contributed by atoms with Crippen LogP contribution in [0.1, 0.15) is 28.4 Å². The summed E-state index contributed by atoms with van der Waals surface area (Å²) in [5.41, 5.74) is 10.8. The minimum Gasteiger partial charge on any atom is -0.326 e. The molecule has 0 bridgehead atoms. The SMILES string of the molecule is CC(=O)Cc1ccccc1NC(=O)c1cccc(-c2cccc(CN)c2)c1. The number of para-hydroxylation sites is 1. The van der Waals surface area contributed by atoms with Gasteiger partial charge in [-0.3, -0.25) is 9.59 Å². The first-order chi connectivity index (χ1) is 13.1. The van der Waals surface area contributed by atoms with Crippen molar-refractivity contribution in [2.45, 2.75) is 19.9 Å². The lowest BCUT2D eigenvalue weighted by atomic mass is 10.0. The molecule has 0 fully saturated rings. The van der Waals surface area contributed by atoms with E-state index in [9.17, 15) is 9.59 Å². The minimum absolute atomic E-state index is 0.0541. The molecule has 3 N–H and O–H groups in total. The number of carbonyl (C=O) groups is 2. The van der Waals surface area contributed by atoms with Crippen molar-refractivity contribution in [2.24, 2.45) is 5.73 Å². The molecule has 4 heteroatoms. The van der Waals surface area contributed by atoms with Crippen molar-refractivity contribution in [1.29, 1.82) is 0 Å². The molecule has 0 spiro atoms. The number of nitrogens with two attached hydrogens (primary N) is 1. The van der Waals surface area contributed by atoms with E-state index in [2.05, 4.69) is 5.32 Å². The van der Waals surface area contributed by atoms with E-state index in [0.717, 1.165) is 22.3 Å². The maximum Gasteiger partial charge on any atom is 0.255 e. The van der Waals surface area contributed by atoms with E-state index in [0.29, 0.717) is 24.2 Å². The van der Waals surface area contributed by atoms with Crippen LogP contribution < -0.4 is 11.1 Å². The van der Waals surface area contributed by atoms with Crippen LogP contribution in [0, 0.1) is 0 Å². The predicted octanol–water partition coefficient (Wildman–Crippen LogP) is 4.20. The highest BCUT2D eigenvalue weighted by Crippen LogP contribution is 2.23. The maximum absolute atomic E-state index is 12.7. The summed E-state index contributed by atoms with van der Waals surface area (Å²) in [6.07, 6.45) is 0.294. The Labute approximate surface area is 159 Å². The Balaban J connectivity index is 1.85. The van der Waals surface area contributed by atoms with Crippen LogP contribution >= 0.6 is 0 Å². The summed E-state index contributed by atoms with van der Waals surface area (Å²) in [6.45, 7) is 2.01. The Morgan fingerprint density at radius 2 is 1.59 bits per heavy atom. The highest BCUT2D eigenvalue weighted by atomic mass is 16.1. The van der Waals surface area contributed by atoms with Gasteiger partial charge in [-0.1, -0.05) is 48.5 Å². The average molecular weight is 358 g/mol. The molecule has 0 saturated carbocycles.